The summed E-state index contributed by atoms with van der Waals surface area (Å²) in [4.78, 5) is 28.6. The van der Waals surface area contributed by atoms with Crippen molar-refractivity contribution in [2.45, 2.75) is 11.4 Å². The molecule has 2 N–H and O–H groups in total. The summed E-state index contributed by atoms with van der Waals surface area (Å²) >= 11 is 4.37. The van der Waals surface area contributed by atoms with Crippen molar-refractivity contribution >= 4 is 59.4 Å². The van der Waals surface area contributed by atoms with Gasteiger partial charge in [-0.1, -0.05) is 27.3 Å². The number of nitrogens with two attached hydrogens (primary N) is 1. The summed E-state index contributed by atoms with van der Waals surface area (Å²) < 4.78 is 30.7. The number of halogens is 1. The first-order valence-electron chi connectivity index (χ1n) is 7.76. The third-order valence-corrected chi connectivity index (χ3v) is 6.27. The van der Waals surface area contributed by atoms with Gasteiger partial charge in [0.1, 0.15) is 6.54 Å². The SMILES string of the molecule is COC(=O)Cn1c(=NC(=O)c2ccc(Br)cc2)sc2cc(S(N)(=O)=O)ccc21. The molecule has 8 nitrogen and oxygen atoms in total. The lowest BCUT2D eigenvalue weighted by Crippen LogP contribution is -2.22. The number of hydrogen-bond donors (Lipinski definition) is 1. The van der Waals surface area contributed by atoms with Crippen molar-refractivity contribution in [3.63, 3.8) is 0 Å². The maximum atomic E-state index is 12.5. The van der Waals surface area contributed by atoms with Crippen LogP contribution >= 0.6 is 27.3 Å². The van der Waals surface area contributed by atoms with Gasteiger partial charge >= 0.3 is 5.97 Å². The predicted octanol–water partition coefficient (Wildman–Crippen LogP) is 2.03. The maximum Gasteiger partial charge on any atom is 0.325 e. The first-order valence-corrected chi connectivity index (χ1v) is 10.9. The number of carbonyl (C=O) groups is 2. The number of esters is 1. The molecule has 0 saturated heterocycles. The van der Waals surface area contributed by atoms with Crippen molar-refractivity contribution in [3.8, 4) is 0 Å². The molecule has 0 fully saturated rings. The largest absolute Gasteiger partial charge is 0.468 e. The molecule has 11 heteroatoms. The zero-order chi connectivity index (χ0) is 20.5. The fraction of sp³-hybridized carbons (Fsp3) is 0.118. The molecule has 2 aromatic carbocycles. The van der Waals surface area contributed by atoms with Crippen LogP contribution in [0.1, 0.15) is 10.4 Å². The van der Waals surface area contributed by atoms with Gasteiger partial charge in [-0.3, -0.25) is 9.59 Å². The number of hydrogen-bond acceptors (Lipinski definition) is 6. The molecule has 1 heterocycles. The van der Waals surface area contributed by atoms with Gasteiger partial charge in [-0.25, -0.2) is 13.6 Å². The Hall–Kier alpha value is -2.34. The number of aromatic nitrogens is 1. The number of rotatable bonds is 4. The molecule has 0 saturated carbocycles. The highest BCUT2D eigenvalue weighted by Gasteiger charge is 2.15. The van der Waals surface area contributed by atoms with E-state index in [2.05, 4.69) is 20.9 Å². The van der Waals surface area contributed by atoms with Crippen LogP contribution in [-0.2, 0) is 26.1 Å². The minimum absolute atomic E-state index is 0.0720. The van der Waals surface area contributed by atoms with Gasteiger partial charge in [0.15, 0.2) is 4.80 Å². The van der Waals surface area contributed by atoms with Crippen molar-refractivity contribution in [1.82, 2.24) is 4.57 Å². The second kappa shape index (κ2) is 7.95. The number of nitrogens with zero attached hydrogens (tertiary/aromatic N) is 2. The molecular formula is C17H14BrN3O5S2. The Morgan fingerprint density at radius 1 is 1.21 bits per heavy atom. The summed E-state index contributed by atoms with van der Waals surface area (Å²) in [6.07, 6.45) is 0. The average molecular weight is 484 g/mol. The topological polar surface area (TPSA) is 121 Å². The number of sulfonamides is 1. The number of thiazole rings is 1. The van der Waals surface area contributed by atoms with Crippen LogP contribution in [0, 0.1) is 0 Å². The average Bonchev–Trinajstić information content (AvgIpc) is 2.97. The van der Waals surface area contributed by atoms with Gasteiger partial charge in [-0.2, -0.15) is 4.99 Å². The maximum absolute atomic E-state index is 12.5. The number of carbonyl (C=O) groups excluding carboxylic acids is 2. The molecule has 0 aliphatic heterocycles. The predicted molar refractivity (Wildman–Crippen MR) is 107 cm³/mol. The van der Waals surface area contributed by atoms with Crippen molar-refractivity contribution in [2.24, 2.45) is 10.1 Å². The van der Waals surface area contributed by atoms with Crippen molar-refractivity contribution in [2.75, 3.05) is 7.11 Å². The van der Waals surface area contributed by atoms with Crippen molar-refractivity contribution in [1.29, 1.82) is 0 Å². The lowest BCUT2D eigenvalue weighted by Gasteiger charge is -2.04. The standard InChI is InChI=1S/C17H14BrN3O5S2/c1-26-15(22)9-21-13-7-6-12(28(19,24)25)8-14(13)27-17(21)20-16(23)10-2-4-11(18)5-3-10/h2-8H,9H2,1H3,(H2,19,24,25). The normalized spacial score (nSPS) is 12.3. The van der Waals surface area contributed by atoms with E-state index in [0.717, 1.165) is 15.8 Å². The third kappa shape index (κ3) is 4.38. The number of methoxy groups -OCH3 is 1. The van der Waals surface area contributed by atoms with E-state index in [4.69, 9.17) is 9.88 Å². The summed E-state index contributed by atoms with van der Waals surface area (Å²) in [5.41, 5.74) is 0.903. The zero-order valence-electron chi connectivity index (χ0n) is 14.5. The van der Waals surface area contributed by atoms with E-state index >= 15 is 0 Å². The van der Waals surface area contributed by atoms with Gasteiger partial charge in [0.2, 0.25) is 10.0 Å². The summed E-state index contributed by atoms with van der Waals surface area (Å²) in [6.45, 7) is -0.183. The second-order valence-electron chi connectivity index (χ2n) is 5.65. The molecule has 3 aromatic rings. The Morgan fingerprint density at radius 3 is 2.50 bits per heavy atom. The molecule has 0 spiro atoms. The van der Waals surface area contributed by atoms with Crippen LogP contribution in [-0.4, -0.2) is 32.0 Å². The third-order valence-electron chi connectivity index (χ3n) is 3.79. The number of ether oxygens (including phenoxy) is 1. The Bertz CT molecular complexity index is 1240. The number of primary sulfonamides is 1. The molecular weight excluding hydrogens is 470 g/mol. The highest BCUT2D eigenvalue weighted by Crippen LogP contribution is 2.21. The molecule has 28 heavy (non-hydrogen) atoms. The van der Waals surface area contributed by atoms with Gasteiger partial charge in [0, 0.05) is 10.0 Å². The molecule has 0 bridgehead atoms. The first-order chi connectivity index (χ1) is 13.2. The smallest absolute Gasteiger partial charge is 0.325 e. The molecule has 3 rings (SSSR count). The van der Waals surface area contributed by atoms with E-state index in [1.165, 1.54) is 29.9 Å². The molecule has 1 aromatic heterocycles. The van der Waals surface area contributed by atoms with E-state index in [-0.39, 0.29) is 16.2 Å². The Morgan fingerprint density at radius 2 is 1.89 bits per heavy atom. The highest BCUT2D eigenvalue weighted by molar-refractivity contribution is 9.10. The fourth-order valence-corrected chi connectivity index (χ4v) is 4.35. The Labute approximate surface area is 172 Å². The molecule has 0 aliphatic carbocycles. The summed E-state index contributed by atoms with van der Waals surface area (Å²) in [5.74, 6) is -1.03. The Balaban J connectivity index is 2.18. The van der Waals surface area contributed by atoms with Crippen LogP contribution in [0.25, 0.3) is 10.2 Å². The molecule has 0 aliphatic rings. The molecule has 0 radical (unpaired) electrons. The van der Waals surface area contributed by atoms with Crippen LogP contribution in [0.5, 0.6) is 0 Å². The number of fused-ring (bicyclic) bond motifs is 1. The van der Waals surface area contributed by atoms with Gasteiger partial charge in [-0.15, -0.1) is 0 Å². The van der Waals surface area contributed by atoms with Crippen molar-refractivity contribution in [3.05, 3.63) is 57.3 Å². The molecule has 0 atom stereocenters. The van der Waals surface area contributed by atoms with E-state index < -0.39 is 21.9 Å². The van der Waals surface area contributed by atoms with Crippen LogP contribution < -0.4 is 9.94 Å². The van der Waals surface area contributed by atoms with E-state index in [1.54, 1.807) is 24.3 Å². The summed E-state index contributed by atoms with van der Waals surface area (Å²) in [5, 5.41) is 5.18. The van der Waals surface area contributed by atoms with Gasteiger partial charge in [-0.05, 0) is 42.5 Å². The zero-order valence-corrected chi connectivity index (χ0v) is 17.7. The fourth-order valence-electron chi connectivity index (χ4n) is 2.41. The second-order valence-corrected chi connectivity index (χ2v) is 9.13. The van der Waals surface area contributed by atoms with Crippen LogP contribution in [0.15, 0.2) is 56.8 Å². The van der Waals surface area contributed by atoms with E-state index in [1.807, 2.05) is 0 Å². The lowest BCUT2D eigenvalue weighted by atomic mass is 10.2. The number of amides is 1. The van der Waals surface area contributed by atoms with Crippen LogP contribution in [0.3, 0.4) is 0 Å². The lowest BCUT2D eigenvalue weighted by molar-refractivity contribution is -0.141. The van der Waals surface area contributed by atoms with Crippen molar-refractivity contribution < 1.29 is 22.7 Å². The van der Waals surface area contributed by atoms with Gasteiger partial charge in [0.25, 0.3) is 5.91 Å². The first kappa shape index (κ1) is 20.4. The van der Waals surface area contributed by atoms with E-state index in [0.29, 0.717) is 15.8 Å². The monoisotopic (exact) mass is 483 g/mol. The Kier molecular flexibility index (Phi) is 5.79. The van der Waals surface area contributed by atoms with Crippen LogP contribution in [0.2, 0.25) is 0 Å². The summed E-state index contributed by atoms with van der Waals surface area (Å²) in [7, 11) is -2.64. The molecule has 1 amide bonds. The highest BCUT2D eigenvalue weighted by atomic mass is 79.9. The molecule has 0 unspecified atom stereocenters. The van der Waals surface area contributed by atoms with Crippen LogP contribution in [0.4, 0.5) is 0 Å². The van der Waals surface area contributed by atoms with Gasteiger partial charge < -0.3 is 9.30 Å². The van der Waals surface area contributed by atoms with Gasteiger partial charge in [0.05, 0.1) is 22.2 Å². The van der Waals surface area contributed by atoms with E-state index in [9.17, 15) is 18.0 Å². The minimum Gasteiger partial charge on any atom is -0.468 e. The number of benzene rings is 2. The summed E-state index contributed by atoms with van der Waals surface area (Å²) in [6, 6.07) is 10.9. The quantitative estimate of drug-likeness (QED) is 0.568. The molecule has 146 valence electrons. The minimum atomic E-state index is -3.89.